The minimum atomic E-state index is -2.23. The van der Waals surface area contributed by atoms with Crippen LogP contribution >= 0.6 is 0 Å². The normalized spacial score (nSPS) is 33.4. The van der Waals surface area contributed by atoms with E-state index in [1.54, 1.807) is 0 Å². The summed E-state index contributed by atoms with van der Waals surface area (Å²) in [6.45, 7) is 33.9. The maximum absolute atomic E-state index is 14.4. The van der Waals surface area contributed by atoms with E-state index in [2.05, 4.69) is 80.6 Å². The molecule has 0 saturated carbocycles. The van der Waals surface area contributed by atoms with Gasteiger partial charge in [-0.2, -0.15) is 0 Å². The van der Waals surface area contributed by atoms with Crippen LogP contribution in [0.5, 0.6) is 0 Å². The van der Waals surface area contributed by atoms with Gasteiger partial charge in [0.15, 0.2) is 19.9 Å². The average molecular weight is 625 g/mol. The smallest absolute Gasteiger partial charge is 0.193 e. The first-order valence-electron chi connectivity index (χ1n) is 17.1. The zero-order valence-electron chi connectivity index (χ0n) is 30.8. The molecule has 2 fully saturated rings. The van der Waals surface area contributed by atoms with E-state index in [4.69, 9.17) is 23.4 Å². The molecule has 0 N–H and O–H groups in total. The van der Waals surface area contributed by atoms with Crippen LogP contribution in [0.3, 0.4) is 0 Å². The molecule has 0 aromatic rings. The van der Waals surface area contributed by atoms with Crippen molar-refractivity contribution in [1.82, 2.24) is 0 Å². The summed E-state index contributed by atoms with van der Waals surface area (Å²) in [5.74, 6) is -1.85. The summed E-state index contributed by atoms with van der Waals surface area (Å²) >= 11 is 0. The van der Waals surface area contributed by atoms with Crippen LogP contribution in [-0.2, 0) is 28.2 Å². The number of allylic oxidation sites excluding steroid dienone is 1. The van der Waals surface area contributed by atoms with E-state index >= 15 is 0 Å². The number of carbonyl (C=O) groups is 1. The van der Waals surface area contributed by atoms with E-state index in [1.165, 1.54) is 19.3 Å². The van der Waals surface area contributed by atoms with Gasteiger partial charge in [0.2, 0.25) is 0 Å². The van der Waals surface area contributed by atoms with E-state index in [-0.39, 0.29) is 34.9 Å². The molecule has 8 atom stereocenters. The average Bonchev–Trinajstić information content (AvgIpc) is 3.11. The lowest BCUT2D eigenvalue weighted by Gasteiger charge is -2.57. The van der Waals surface area contributed by atoms with E-state index in [0.29, 0.717) is 6.42 Å². The molecule has 2 rings (SSSR count). The molecule has 2 aliphatic heterocycles. The van der Waals surface area contributed by atoms with Crippen LogP contribution < -0.4 is 0 Å². The van der Waals surface area contributed by atoms with Gasteiger partial charge in [0.25, 0.3) is 0 Å². The molecule has 0 radical (unpaired) electrons. The highest BCUT2D eigenvalue weighted by Gasteiger charge is 2.59. The summed E-state index contributed by atoms with van der Waals surface area (Å²) in [6, 6.07) is 0. The zero-order valence-corrected chi connectivity index (χ0v) is 31.8. The summed E-state index contributed by atoms with van der Waals surface area (Å²) in [4.78, 5) is 14.4. The molecule has 2 heterocycles. The van der Waals surface area contributed by atoms with E-state index in [1.807, 2.05) is 41.5 Å². The molecule has 0 aliphatic carbocycles. The lowest BCUT2D eigenvalue weighted by molar-refractivity contribution is -0.361. The first-order valence-corrected chi connectivity index (χ1v) is 20.0. The SMILES string of the molecule is CCCCC/C=C/[C@H](C)[C@H]1OC(C)(C)O[C@]1(C)C[C@@H](C)C(=O)[C@H](C)[C@H]1OC(C)(C)O[C@H](CC)[C@@]1(C)O[Si](C)(C)C(C)(C)C. The second kappa shape index (κ2) is 14.0. The van der Waals surface area contributed by atoms with Crippen LogP contribution in [0.1, 0.15) is 135 Å². The number of rotatable bonds is 14. The van der Waals surface area contributed by atoms with E-state index in [9.17, 15) is 4.79 Å². The van der Waals surface area contributed by atoms with Crippen LogP contribution in [-0.4, -0.2) is 55.2 Å². The Labute approximate surface area is 266 Å². The third kappa shape index (κ3) is 9.25. The van der Waals surface area contributed by atoms with E-state index in [0.717, 1.165) is 12.8 Å². The molecule has 252 valence electrons. The van der Waals surface area contributed by atoms with Crippen molar-refractivity contribution >= 4 is 14.1 Å². The maximum Gasteiger partial charge on any atom is 0.193 e. The van der Waals surface area contributed by atoms with Gasteiger partial charge in [-0.3, -0.25) is 4.79 Å². The van der Waals surface area contributed by atoms with Gasteiger partial charge in [0, 0.05) is 17.8 Å². The summed E-state index contributed by atoms with van der Waals surface area (Å²) in [6.07, 6.45) is 9.85. The maximum atomic E-state index is 14.4. The topological polar surface area (TPSA) is 63.2 Å². The molecule has 2 saturated heterocycles. The third-order valence-electron chi connectivity index (χ3n) is 10.2. The van der Waals surface area contributed by atoms with Gasteiger partial charge in [-0.05, 0) is 85.4 Å². The van der Waals surface area contributed by atoms with Gasteiger partial charge >= 0.3 is 0 Å². The Hall–Kier alpha value is -0.573. The molecule has 6 nitrogen and oxygen atoms in total. The molecule has 7 heteroatoms. The van der Waals surface area contributed by atoms with Gasteiger partial charge in [-0.25, -0.2) is 0 Å². The largest absolute Gasteiger partial charge is 0.406 e. The Morgan fingerprint density at radius 3 is 2.02 bits per heavy atom. The van der Waals surface area contributed by atoms with Crippen molar-refractivity contribution in [3.63, 3.8) is 0 Å². The van der Waals surface area contributed by atoms with Crippen molar-refractivity contribution < 1.29 is 28.2 Å². The Balaban J connectivity index is 2.35. The fraction of sp³-hybridized carbons (Fsp3) is 0.917. The van der Waals surface area contributed by atoms with Crippen molar-refractivity contribution in [3.8, 4) is 0 Å². The van der Waals surface area contributed by atoms with Crippen LogP contribution in [0, 0.1) is 17.8 Å². The molecule has 0 bridgehead atoms. The number of unbranched alkanes of at least 4 members (excludes halogenated alkanes) is 3. The van der Waals surface area contributed by atoms with Gasteiger partial charge in [0.05, 0.1) is 17.8 Å². The predicted octanol–water partition coefficient (Wildman–Crippen LogP) is 9.61. The Kier molecular flexibility index (Phi) is 12.6. The zero-order chi connectivity index (χ0) is 33.2. The predicted molar refractivity (Wildman–Crippen MR) is 180 cm³/mol. The number of hydrogen-bond acceptors (Lipinski definition) is 6. The van der Waals surface area contributed by atoms with Gasteiger partial charge < -0.3 is 23.4 Å². The van der Waals surface area contributed by atoms with Crippen LogP contribution in [0.2, 0.25) is 18.1 Å². The van der Waals surface area contributed by atoms with E-state index < -0.39 is 43.1 Å². The molecule has 43 heavy (non-hydrogen) atoms. The van der Waals surface area contributed by atoms with Crippen molar-refractivity contribution in [2.75, 3.05) is 0 Å². The number of ketones is 1. The second-order valence-corrected chi connectivity index (χ2v) is 21.2. The van der Waals surface area contributed by atoms with Crippen LogP contribution in [0.25, 0.3) is 0 Å². The van der Waals surface area contributed by atoms with Crippen LogP contribution in [0.15, 0.2) is 12.2 Å². The summed E-state index contributed by atoms with van der Waals surface area (Å²) < 4.78 is 33.4. The Morgan fingerprint density at radius 2 is 1.49 bits per heavy atom. The fourth-order valence-electron chi connectivity index (χ4n) is 7.13. The summed E-state index contributed by atoms with van der Waals surface area (Å²) in [7, 11) is -2.23. The fourth-order valence-corrected chi connectivity index (χ4v) is 8.79. The molecular formula is C36H68O6Si. The molecular weight excluding hydrogens is 556 g/mol. The van der Waals surface area contributed by atoms with Gasteiger partial charge in [-0.15, -0.1) is 0 Å². The van der Waals surface area contributed by atoms with Crippen molar-refractivity contribution in [3.05, 3.63) is 12.2 Å². The quantitative estimate of drug-likeness (QED) is 0.109. The van der Waals surface area contributed by atoms with Crippen molar-refractivity contribution in [2.24, 2.45) is 17.8 Å². The first kappa shape index (κ1) is 38.6. The number of hydrogen-bond donors (Lipinski definition) is 0. The second-order valence-electron chi connectivity index (χ2n) is 16.4. The summed E-state index contributed by atoms with van der Waals surface area (Å²) in [5, 5.41) is 0.00369. The monoisotopic (exact) mass is 624 g/mol. The molecule has 0 unspecified atom stereocenters. The molecule has 0 aromatic carbocycles. The first-order chi connectivity index (χ1) is 19.5. The number of carbonyl (C=O) groups excluding carboxylic acids is 1. The molecule has 0 amide bonds. The standard InChI is InChI=1S/C36H68O6Si/c1-17-19-20-21-22-23-25(3)30-35(13,41-34(11,12)39-30)24-26(4)29(37)27(5)31-36(14,42-43(15,16)32(6,7)8)28(18-2)38-33(9,10)40-31/h22-23,25-28,30-31H,17-21,24H2,1-16H3/b23-22+/t25-,26+,27-,28+,30+,31+,35+,36+/m0/s1. The minimum absolute atomic E-state index is 0.00369. The van der Waals surface area contributed by atoms with Crippen LogP contribution in [0.4, 0.5) is 0 Å². The highest BCUT2D eigenvalue weighted by atomic mass is 28.4. The van der Waals surface area contributed by atoms with Gasteiger partial charge in [-0.1, -0.05) is 80.4 Å². The molecule has 0 aromatic heterocycles. The Bertz CT molecular complexity index is 952. The highest BCUT2D eigenvalue weighted by Crippen LogP contribution is 2.48. The highest BCUT2D eigenvalue weighted by molar-refractivity contribution is 6.74. The number of ether oxygens (including phenoxy) is 4. The third-order valence-corrected chi connectivity index (χ3v) is 14.7. The lowest BCUT2D eigenvalue weighted by atomic mass is 9.75. The Morgan fingerprint density at radius 1 is 0.907 bits per heavy atom. The number of Topliss-reactive ketones (excluding diaryl/α,β-unsaturated/α-hetero) is 1. The van der Waals surface area contributed by atoms with Crippen molar-refractivity contribution in [1.29, 1.82) is 0 Å². The molecule has 2 aliphatic rings. The minimum Gasteiger partial charge on any atom is -0.406 e. The van der Waals surface area contributed by atoms with Crippen molar-refractivity contribution in [2.45, 2.75) is 195 Å². The van der Waals surface area contributed by atoms with Gasteiger partial charge in [0.1, 0.15) is 17.5 Å². The lowest BCUT2D eigenvalue weighted by Crippen LogP contribution is -2.68. The summed E-state index contributed by atoms with van der Waals surface area (Å²) in [5.41, 5.74) is -1.37. The molecule has 0 spiro atoms.